The fraction of sp³-hybridized carbons (Fsp3) is 0.240. The second-order valence-corrected chi connectivity index (χ2v) is 10.2. The summed E-state index contributed by atoms with van der Waals surface area (Å²) in [6, 6.07) is 16.4. The number of benzene rings is 2. The summed E-state index contributed by atoms with van der Waals surface area (Å²) in [5.74, 6) is -0.748. The minimum absolute atomic E-state index is 0.0909. The number of carbonyl (C=O) groups is 2. The van der Waals surface area contributed by atoms with Crippen LogP contribution in [0.1, 0.15) is 16.9 Å². The van der Waals surface area contributed by atoms with E-state index in [1.165, 1.54) is 11.2 Å². The average molecular weight is 525 g/mol. The maximum atomic E-state index is 13.1. The van der Waals surface area contributed by atoms with Crippen LogP contribution in [0.15, 0.2) is 75.2 Å². The molecule has 0 radical (unpaired) electrons. The minimum atomic E-state index is -4.00. The van der Waals surface area contributed by atoms with Crippen LogP contribution in [0.25, 0.3) is 0 Å². The monoisotopic (exact) mass is 524 g/mol. The van der Waals surface area contributed by atoms with Crippen molar-refractivity contribution in [2.75, 3.05) is 31.6 Å². The minimum Gasteiger partial charge on any atom is -0.464 e. The molecule has 2 amide bonds. The van der Waals surface area contributed by atoms with E-state index in [1.54, 1.807) is 12.1 Å². The lowest BCUT2D eigenvalue weighted by molar-refractivity contribution is -0.117. The number of morpholine rings is 1. The van der Waals surface area contributed by atoms with Gasteiger partial charge >= 0.3 is 6.09 Å². The molecule has 3 heterocycles. The molecule has 3 aromatic rings. The van der Waals surface area contributed by atoms with Crippen molar-refractivity contribution in [1.82, 2.24) is 9.62 Å². The zero-order valence-corrected chi connectivity index (χ0v) is 20.7. The summed E-state index contributed by atoms with van der Waals surface area (Å²) >= 11 is 0. The highest BCUT2D eigenvalue weighted by Crippen LogP contribution is 2.32. The van der Waals surface area contributed by atoms with Gasteiger partial charge in [-0.2, -0.15) is 4.31 Å². The standard InChI is InChI=1S/C25H24N4O7S/c1-16-22(20(15-35-16)37(32,33)29-11-13-34-14-12-29)36-25(31)28-23-24(30)26-19-10-6-5-9-18(19)21(27-23)17-7-3-2-4-8-17/h2-10,15,23H,11-14H2,1H3,(H,26,30)(H,28,31)/t23-/m1/s1. The second kappa shape index (κ2) is 10.2. The number of sulfonamides is 1. The maximum absolute atomic E-state index is 13.1. The highest BCUT2D eigenvalue weighted by molar-refractivity contribution is 7.89. The Hall–Kier alpha value is -4.00. The summed E-state index contributed by atoms with van der Waals surface area (Å²) in [7, 11) is -4.00. The quantitative estimate of drug-likeness (QED) is 0.523. The van der Waals surface area contributed by atoms with E-state index < -0.39 is 28.2 Å². The van der Waals surface area contributed by atoms with E-state index in [2.05, 4.69) is 15.6 Å². The predicted octanol–water partition coefficient (Wildman–Crippen LogP) is 2.51. The van der Waals surface area contributed by atoms with Gasteiger partial charge in [-0.25, -0.2) is 18.2 Å². The number of hydrogen-bond donors (Lipinski definition) is 2. The van der Waals surface area contributed by atoms with E-state index in [9.17, 15) is 18.0 Å². The number of amides is 2. The topological polar surface area (TPSA) is 140 Å². The van der Waals surface area contributed by atoms with Crippen LogP contribution in [0.5, 0.6) is 5.75 Å². The van der Waals surface area contributed by atoms with Crippen LogP contribution < -0.4 is 15.4 Å². The Morgan fingerprint density at radius 2 is 1.81 bits per heavy atom. The number of fused-ring (bicyclic) bond motifs is 1. The summed E-state index contributed by atoms with van der Waals surface area (Å²) in [5.41, 5.74) is 2.47. The first kappa shape index (κ1) is 24.7. The van der Waals surface area contributed by atoms with E-state index in [0.717, 1.165) is 11.8 Å². The van der Waals surface area contributed by atoms with E-state index in [-0.39, 0.29) is 42.7 Å². The maximum Gasteiger partial charge on any atom is 0.414 e. The van der Waals surface area contributed by atoms with Crippen LogP contribution in [-0.4, -0.2) is 62.9 Å². The molecule has 1 saturated heterocycles. The van der Waals surface area contributed by atoms with Crippen molar-refractivity contribution in [2.45, 2.75) is 18.0 Å². The van der Waals surface area contributed by atoms with E-state index in [1.807, 2.05) is 42.5 Å². The molecule has 0 saturated carbocycles. The zero-order chi connectivity index (χ0) is 26.0. The smallest absolute Gasteiger partial charge is 0.414 e. The molecule has 2 aliphatic rings. The predicted molar refractivity (Wildman–Crippen MR) is 133 cm³/mol. The second-order valence-electron chi connectivity index (χ2n) is 8.32. The molecule has 11 nitrogen and oxygen atoms in total. The number of anilines is 1. The molecule has 0 bridgehead atoms. The van der Waals surface area contributed by atoms with Gasteiger partial charge in [0.1, 0.15) is 12.0 Å². The third-order valence-corrected chi connectivity index (χ3v) is 7.80. The molecule has 0 aliphatic carbocycles. The number of hydrogen-bond acceptors (Lipinski definition) is 8. The van der Waals surface area contributed by atoms with E-state index in [4.69, 9.17) is 13.9 Å². The number of rotatable bonds is 5. The number of para-hydroxylation sites is 1. The van der Waals surface area contributed by atoms with Crippen molar-refractivity contribution in [3.63, 3.8) is 0 Å². The van der Waals surface area contributed by atoms with Gasteiger partial charge in [0.05, 0.1) is 24.6 Å². The SMILES string of the molecule is Cc1occ(S(=O)(=O)N2CCOCC2)c1OC(=O)N[C@H]1N=C(c2ccccc2)c2ccccc2NC1=O. The van der Waals surface area contributed by atoms with Crippen molar-refractivity contribution in [3.8, 4) is 5.75 Å². The van der Waals surface area contributed by atoms with Crippen molar-refractivity contribution < 1.29 is 31.9 Å². The highest BCUT2D eigenvalue weighted by atomic mass is 32.2. The normalized spacial score (nSPS) is 18.2. The Bertz CT molecular complexity index is 1460. The van der Waals surface area contributed by atoms with Crippen LogP contribution in [0, 0.1) is 6.92 Å². The van der Waals surface area contributed by atoms with Crippen molar-refractivity contribution in [2.24, 2.45) is 4.99 Å². The molecule has 0 unspecified atom stereocenters. The van der Waals surface area contributed by atoms with Crippen molar-refractivity contribution in [3.05, 3.63) is 77.7 Å². The summed E-state index contributed by atoms with van der Waals surface area (Å²) in [4.78, 5) is 30.1. The van der Waals surface area contributed by atoms with Gasteiger partial charge < -0.3 is 19.2 Å². The summed E-state index contributed by atoms with van der Waals surface area (Å²) in [6.45, 7) is 2.32. The fourth-order valence-corrected chi connectivity index (χ4v) is 5.56. The lowest BCUT2D eigenvalue weighted by atomic mass is 10.0. The third kappa shape index (κ3) is 4.99. The van der Waals surface area contributed by atoms with Crippen LogP contribution in [-0.2, 0) is 19.6 Å². The van der Waals surface area contributed by atoms with Gasteiger partial charge in [-0.3, -0.25) is 10.1 Å². The Labute approximate surface area is 213 Å². The molecular formula is C25H24N4O7S. The molecule has 0 spiro atoms. The van der Waals surface area contributed by atoms with Gasteiger partial charge in [0.25, 0.3) is 5.91 Å². The van der Waals surface area contributed by atoms with Gasteiger partial charge in [-0.1, -0.05) is 48.5 Å². The van der Waals surface area contributed by atoms with Gasteiger partial charge in [-0.15, -0.1) is 0 Å². The lowest BCUT2D eigenvalue weighted by Crippen LogP contribution is -2.44. The number of carbonyl (C=O) groups excluding carboxylic acids is 2. The summed E-state index contributed by atoms with van der Waals surface area (Å²) < 4.78 is 43.4. The Morgan fingerprint density at radius 3 is 2.57 bits per heavy atom. The van der Waals surface area contributed by atoms with Gasteiger partial charge in [0.15, 0.2) is 10.6 Å². The molecule has 192 valence electrons. The summed E-state index contributed by atoms with van der Waals surface area (Å²) in [6.07, 6.45) is -1.38. The fourth-order valence-electron chi connectivity index (χ4n) is 4.06. The Balaban J connectivity index is 1.42. The first-order valence-corrected chi connectivity index (χ1v) is 13.0. The highest BCUT2D eigenvalue weighted by Gasteiger charge is 2.34. The molecule has 2 aromatic carbocycles. The van der Waals surface area contributed by atoms with Crippen LogP contribution >= 0.6 is 0 Å². The number of aryl methyl sites for hydroxylation is 1. The summed E-state index contributed by atoms with van der Waals surface area (Å²) in [5, 5.41) is 5.21. The molecule has 1 atom stereocenters. The van der Waals surface area contributed by atoms with E-state index >= 15 is 0 Å². The lowest BCUT2D eigenvalue weighted by Gasteiger charge is -2.25. The Morgan fingerprint density at radius 1 is 1.11 bits per heavy atom. The number of ether oxygens (including phenoxy) is 2. The van der Waals surface area contributed by atoms with Gasteiger partial charge in [-0.05, 0) is 13.0 Å². The molecule has 5 rings (SSSR count). The Kier molecular flexibility index (Phi) is 6.78. The van der Waals surface area contributed by atoms with Crippen molar-refractivity contribution >= 4 is 33.4 Å². The van der Waals surface area contributed by atoms with Gasteiger partial charge in [0, 0.05) is 24.2 Å². The van der Waals surface area contributed by atoms with Crippen molar-refractivity contribution in [1.29, 1.82) is 0 Å². The number of nitrogens with one attached hydrogen (secondary N) is 2. The average Bonchev–Trinajstić information content (AvgIpc) is 3.21. The molecule has 2 N–H and O–H groups in total. The zero-order valence-electron chi connectivity index (χ0n) is 19.8. The van der Waals surface area contributed by atoms with Crippen LogP contribution in [0.2, 0.25) is 0 Å². The molecule has 12 heteroatoms. The molecule has 1 fully saturated rings. The number of benzodiazepines with no additional fused rings is 1. The molecular weight excluding hydrogens is 500 g/mol. The molecule has 2 aliphatic heterocycles. The third-order valence-electron chi connectivity index (χ3n) is 5.92. The largest absolute Gasteiger partial charge is 0.464 e. The molecule has 37 heavy (non-hydrogen) atoms. The van der Waals surface area contributed by atoms with Gasteiger partial charge in [0.2, 0.25) is 16.2 Å². The van der Waals surface area contributed by atoms with Crippen LogP contribution in [0.3, 0.4) is 0 Å². The first-order chi connectivity index (χ1) is 17.8. The van der Waals surface area contributed by atoms with Crippen LogP contribution in [0.4, 0.5) is 10.5 Å². The number of aliphatic imine (C=N–C) groups is 1. The van der Waals surface area contributed by atoms with E-state index in [0.29, 0.717) is 17.0 Å². The number of nitrogens with zero attached hydrogens (tertiary/aromatic N) is 2. The first-order valence-electron chi connectivity index (χ1n) is 11.5. The number of furan rings is 1. The molecule has 1 aromatic heterocycles.